The summed E-state index contributed by atoms with van der Waals surface area (Å²) < 4.78 is 5.13. The van der Waals surface area contributed by atoms with E-state index in [1.807, 2.05) is 17.2 Å². The van der Waals surface area contributed by atoms with Crippen molar-refractivity contribution in [1.82, 2.24) is 19.9 Å². The number of anilines is 1. The molecule has 4 rings (SSSR count). The molecule has 8 nitrogen and oxygen atoms in total. The maximum absolute atomic E-state index is 12.7. The van der Waals surface area contributed by atoms with Gasteiger partial charge in [-0.05, 0) is 38.7 Å². The Kier molecular flexibility index (Phi) is 4.54. The highest BCUT2D eigenvalue weighted by Crippen LogP contribution is 2.39. The standard InChI is InChI=1S/C18H25N5O3/c1-13(24)26-10-15(25)23-9-3-6-18(23)5-2-8-22(11-18)17-14-4-7-19-16(14)20-12-21-17/h4,7,12-13,24H,2-3,5-6,8-11H2,1H3,(H,19,20,21). The number of aliphatic hydroxyl groups excluding tert-OH is 1. The summed E-state index contributed by atoms with van der Waals surface area (Å²) in [6.07, 6.45) is 6.53. The number of ether oxygens (including phenoxy) is 1. The van der Waals surface area contributed by atoms with Crippen molar-refractivity contribution < 1.29 is 14.6 Å². The number of nitrogens with zero attached hydrogens (tertiary/aromatic N) is 4. The van der Waals surface area contributed by atoms with Crippen LogP contribution >= 0.6 is 0 Å². The molecule has 2 fully saturated rings. The Morgan fingerprint density at radius 3 is 3.00 bits per heavy atom. The highest BCUT2D eigenvalue weighted by Gasteiger charge is 2.46. The van der Waals surface area contributed by atoms with Gasteiger partial charge in [0.15, 0.2) is 6.29 Å². The molecule has 0 aliphatic carbocycles. The third-order valence-corrected chi connectivity index (χ3v) is 5.53. The maximum Gasteiger partial charge on any atom is 0.249 e. The Hall–Kier alpha value is -2.19. The molecule has 0 radical (unpaired) electrons. The van der Waals surface area contributed by atoms with Crippen LogP contribution < -0.4 is 4.90 Å². The van der Waals surface area contributed by atoms with Crippen molar-refractivity contribution in [2.45, 2.75) is 44.4 Å². The molecule has 0 aromatic carbocycles. The quantitative estimate of drug-likeness (QED) is 0.799. The summed E-state index contributed by atoms with van der Waals surface area (Å²) in [4.78, 5) is 28.9. The topological polar surface area (TPSA) is 94.6 Å². The molecule has 26 heavy (non-hydrogen) atoms. The van der Waals surface area contributed by atoms with Crippen LogP contribution in [0, 0.1) is 0 Å². The van der Waals surface area contributed by atoms with Gasteiger partial charge in [-0.2, -0.15) is 0 Å². The van der Waals surface area contributed by atoms with Gasteiger partial charge in [0.05, 0.1) is 10.9 Å². The minimum absolute atomic E-state index is 0.0419. The SMILES string of the molecule is CC(O)OCC(=O)N1CCCC12CCCN(c1ncnc3[nH]ccc13)C2. The van der Waals surface area contributed by atoms with Crippen LogP contribution in [0.2, 0.25) is 0 Å². The molecule has 2 saturated heterocycles. The number of fused-ring (bicyclic) bond motifs is 1. The first kappa shape index (κ1) is 17.2. The Bertz CT molecular complexity index is 792. The Balaban J connectivity index is 1.57. The number of likely N-dealkylation sites (tertiary alicyclic amines) is 1. The number of piperidine rings is 1. The van der Waals surface area contributed by atoms with Crippen LogP contribution in [-0.4, -0.2) is 68.9 Å². The summed E-state index contributed by atoms with van der Waals surface area (Å²) >= 11 is 0. The fraction of sp³-hybridized carbons (Fsp3) is 0.611. The molecule has 8 heteroatoms. The van der Waals surface area contributed by atoms with Gasteiger partial charge in [-0.25, -0.2) is 9.97 Å². The van der Waals surface area contributed by atoms with E-state index in [1.165, 1.54) is 6.92 Å². The van der Waals surface area contributed by atoms with Crippen LogP contribution in [0.25, 0.3) is 11.0 Å². The molecule has 2 N–H and O–H groups in total. The average molecular weight is 359 g/mol. The molecule has 0 bridgehead atoms. The van der Waals surface area contributed by atoms with Crippen LogP contribution in [0.5, 0.6) is 0 Å². The van der Waals surface area contributed by atoms with Gasteiger partial charge in [0.1, 0.15) is 24.4 Å². The minimum atomic E-state index is -0.928. The Morgan fingerprint density at radius 1 is 1.38 bits per heavy atom. The molecule has 2 aromatic heterocycles. The minimum Gasteiger partial charge on any atom is -0.368 e. The van der Waals surface area contributed by atoms with Gasteiger partial charge in [-0.15, -0.1) is 0 Å². The lowest BCUT2D eigenvalue weighted by atomic mass is 9.86. The van der Waals surface area contributed by atoms with E-state index in [-0.39, 0.29) is 18.1 Å². The number of rotatable bonds is 4. The molecular formula is C18H25N5O3. The molecule has 1 spiro atoms. The highest BCUT2D eigenvalue weighted by atomic mass is 16.6. The van der Waals surface area contributed by atoms with Crippen LogP contribution in [-0.2, 0) is 9.53 Å². The largest absolute Gasteiger partial charge is 0.368 e. The van der Waals surface area contributed by atoms with Gasteiger partial charge in [-0.1, -0.05) is 0 Å². The number of H-pyrrole nitrogens is 1. The molecule has 2 atom stereocenters. The average Bonchev–Trinajstić information content (AvgIpc) is 3.26. The third-order valence-electron chi connectivity index (χ3n) is 5.53. The van der Waals surface area contributed by atoms with Crippen molar-refractivity contribution in [2.24, 2.45) is 0 Å². The zero-order valence-electron chi connectivity index (χ0n) is 15.0. The van der Waals surface area contributed by atoms with Crippen molar-refractivity contribution in [3.8, 4) is 0 Å². The van der Waals surface area contributed by atoms with Crippen LogP contribution in [0.15, 0.2) is 18.6 Å². The van der Waals surface area contributed by atoms with Gasteiger partial charge < -0.3 is 24.6 Å². The first-order valence-corrected chi connectivity index (χ1v) is 9.22. The molecule has 140 valence electrons. The summed E-state index contributed by atoms with van der Waals surface area (Å²) in [5, 5.41) is 10.3. The number of carbonyl (C=O) groups excluding carboxylic acids is 1. The summed E-state index contributed by atoms with van der Waals surface area (Å²) in [6, 6.07) is 2.00. The molecule has 2 unspecified atom stereocenters. The second-order valence-corrected chi connectivity index (χ2v) is 7.25. The van der Waals surface area contributed by atoms with E-state index in [4.69, 9.17) is 4.74 Å². The number of aliphatic hydroxyl groups is 1. The molecular weight excluding hydrogens is 334 g/mol. The lowest BCUT2D eigenvalue weighted by Crippen LogP contribution is -2.58. The fourth-order valence-electron chi connectivity index (χ4n) is 4.43. The number of nitrogens with one attached hydrogen (secondary N) is 1. The normalized spacial score (nSPS) is 24.5. The molecule has 2 aromatic rings. The van der Waals surface area contributed by atoms with E-state index in [9.17, 15) is 9.90 Å². The Morgan fingerprint density at radius 2 is 2.19 bits per heavy atom. The predicted octanol–water partition coefficient (Wildman–Crippen LogP) is 1.27. The van der Waals surface area contributed by atoms with Crippen LogP contribution in [0.3, 0.4) is 0 Å². The van der Waals surface area contributed by atoms with Gasteiger partial charge in [0.2, 0.25) is 5.91 Å². The zero-order chi connectivity index (χ0) is 18.1. The number of hydrogen-bond donors (Lipinski definition) is 2. The van der Waals surface area contributed by atoms with Gasteiger partial charge in [0, 0.05) is 25.8 Å². The third kappa shape index (κ3) is 3.03. The predicted molar refractivity (Wildman–Crippen MR) is 96.6 cm³/mol. The summed E-state index contributed by atoms with van der Waals surface area (Å²) in [5.74, 6) is 0.884. The first-order valence-electron chi connectivity index (χ1n) is 9.22. The lowest BCUT2D eigenvalue weighted by molar-refractivity contribution is -0.152. The van der Waals surface area contributed by atoms with Crippen molar-refractivity contribution in [2.75, 3.05) is 31.1 Å². The second kappa shape index (κ2) is 6.85. The number of amides is 1. The first-order chi connectivity index (χ1) is 12.6. The number of aromatic amines is 1. The number of aromatic nitrogens is 3. The lowest BCUT2D eigenvalue weighted by Gasteiger charge is -2.46. The molecule has 2 aliphatic heterocycles. The van der Waals surface area contributed by atoms with E-state index in [0.717, 1.165) is 62.2 Å². The highest BCUT2D eigenvalue weighted by molar-refractivity contribution is 5.87. The summed E-state index contributed by atoms with van der Waals surface area (Å²) in [5.41, 5.74) is 0.657. The monoisotopic (exact) mass is 359 g/mol. The van der Waals surface area contributed by atoms with Crippen molar-refractivity contribution >= 4 is 22.8 Å². The van der Waals surface area contributed by atoms with Gasteiger partial charge in [-0.3, -0.25) is 4.79 Å². The molecule has 2 aliphatic rings. The molecule has 4 heterocycles. The van der Waals surface area contributed by atoms with E-state index in [2.05, 4.69) is 19.9 Å². The maximum atomic E-state index is 12.7. The van der Waals surface area contributed by atoms with E-state index < -0.39 is 6.29 Å². The van der Waals surface area contributed by atoms with Crippen LogP contribution in [0.4, 0.5) is 5.82 Å². The fourth-order valence-corrected chi connectivity index (χ4v) is 4.43. The van der Waals surface area contributed by atoms with Gasteiger partial charge >= 0.3 is 0 Å². The summed E-state index contributed by atoms with van der Waals surface area (Å²) in [7, 11) is 0. The zero-order valence-corrected chi connectivity index (χ0v) is 15.0. The van der Waals surface area contributed by atoms with E-state index >= 15 is 0 Å². The smallest absolute Gasteiger partial charge is 0.249 e. The van der Waals surface area contributed by atoms with Crippen molar-refractivity contribution in [3.63, 3.8) is 0 Å². The van der Waals surface area contributed by atoms with E-state index in [1.54, 1.807) is 6.33 Å². The second-order valence-electron chi connectivity index (χ2n) is 7.25. The van der Waals surface area contributed by atoms with Crippen molar-refractivity contribution in [3.05, 3.63) is 18.6 Å². The van der Waals surface area contributed by atoms with Crippen molar-refractivity contribution in [1.29, 1.82) is 0 Å². The molecule has 0 saturated carbocycles. The summed E-state index contributed by atoms with van der Waals surface area (Å²) in [6.45, 7) is 3.89. The number of hydrogen-bond acceptors (Lipinski definition) is 6. The van der Waals surface area contributed by atoms with Gasteiger partial charge in [0.25, 0.3) is 0 Å². The molecule has 1 amide bonds. The number of carbonyl (C=O) groups is 1. The Labute approximate surface area is 152 Å². The van der Waals surface area contributed by atoms with Crippen LogP contribution in [0.1, 0.15) is 32.6 Å². The van der Waals surface area contributed by atoms with E-state index in [0.29, 0.717) is 0 Å².